The molecule has 1 aliphatic carbocycles. The highest BCUT2D eigenvalue weighted by Gasteiger charge is 2.19. The number of ether oxygens (including phenoxy) is 2. The average Bonchev–Trinajstić information content (AvgIpc) is 3.26. The van der Waals surface area contributed by atoms with Crippen molar-refractivity contribution >= 4 is 5.97 Å². The lowest BCUT2D eigenvalue weighted by atomic mass is 10.2. The summed E-state index contributed by atoms with van der Waals surface area (Å²) < 4.78 is 10.1. The van der Waals surface area contributed by atoms with Gasteiger partial charge in [-0.15, -0.1) is 0 Å². The number of rotatable bonds is 8. The van der Waals surface area contributed by atoms with E-state index in [9.17, 15) is 4.79 Å². The summed E-state index contributed by atoms with van der Waals surface area (Å²) >= 11 is 0. The summed E-state index contributed by atoms with van der Waals surface area (Å²) in [6.07, 6.45) is 3.69. The zero-order chi connectivity index (χ0) is 13.5. The average molecular weight is 263 g/mol. The summed E-state index contributed by atoms with van der Waals surface area (Å²) in [6.45, 7) is 1.46. The van der Waals surface area contributed by atoms with Crippen molar-refractivity contribution in [1.29, 1.82) is 0 Å². The molecule has 0 aromatic heterocycles. The molecule has 0 saturated heterocycles. The molecule has 104 valence electrons. The molecule has 1 N–H and O–H groups in total. The Hall–Kier alpha value is -1.55. The number of esters is 1. The van der Waals surface area contributed by atoms with Gasteiger partial charge < -0.3 is 14.8 Å². The van der Waals surface area contributed by atoms with Gasteiger partial charge in [-0.2, -0.15) is 0 Å². The molecule has 1 saturated carbocycles. The van der Waals surface area contributed by atoms with E-state index < -0.39 is 0 Å². The number of carbonyl (C=O) groups is 1. The Kier molecular flexibility index (Phi) is 5.21. The highest BCUT2D eigenvalue weighted by molar-refractivity contribution is 5.69. The largest absolute Gasteiger partial charge is 0.494 e. The van der Waals surface area contributed by atoms with Crippen LogP contribution in [0.1, 0.15) is 31.2 Å². The molecule has 19 heavy (non-hydrogen) atoms. The Morgan fingerprint density at radius 2 is 2.05 bits per heavy atom. The maximum absolute atomic E-state index is 10.9. The Morgan fingerprint density at radius 1 is 1.32 bits per heavy atom. The molecule has 1 aromatic rings. The molecule has 4 heteroatoms. The molecular weight excluding hydrogens is 242 g/mol. The monoisotopic (exact) mass is 263 g/mol. The molecule has 0 aliphatic heterocycles. The van der Waals surface area contributed by atoms with E-state index in [2.05, 4.69) is 22.2 Å². The van der Waals surface area contributed by atoms with Gasteiger partial charge in [0.1, 0.15) is 5.75 Å². The second-order valence-electron chi connectivity index (χ2n) is 4.83. The Bertz CT molecular complexity index is 398. The molecule has 0 radical (unpaired) electrons. The van der Waals surface area contributed by atoms with Gasteiger partial charge in [0.2, 0.25) is 0 Å². The van der Waals surface area contributed by atoms with Gasteiger partial charge >= 0.3 is 5.97 Å². The van der Waals surface area contributed by atoms with Crippen LogP contribution < -0.4 is 10.1 Å². The van der Waals surface area contributed by atoms with Crippen molar-refractivity contribution in [2.75, 3.05) is 13.7 Å². The van der Waals surface area contributed by atoms with Crippen molar-refractivity contribution < 1.29 is 14.3 Å². The standard InChI is InChI=1S/C15H21NO3/c1-18-15(17)3-2-10-19-14-8-4-12(5-9-14)11-16-13-6-7-13/h4-5,8-9,13,16H,2-3,6-7,10-11H2,1H3. The van der Waals surface area contributed by atoms with Crippen LogP contribution >= 0.6 is 0 Å². The summed E-state index contributed by atoms with van der Waals surface area (Å²) in [5.74, 6) is 0.658. The summed E-state index contributed by atoms with van der Waals surface area (Å²) in [5.41, 5.74) is 1.27. The Labute approximate surface area is 114 Å². The molecule has 1 fully saturated rings. The normalized spacial score (nSPS) is 14.2. The van der Waals surface area contributed by atoms with E-state index >= 15 is 0 Å². The lowest BCUT2D eigenvalue weighted by Gasteiger charge is -2.07. The van der Waals surface area contributed by atoms with Crippen LogP contribution in [0.15, 0.2) is 24.3 Å². The van der Waals surface area contributed by atoms with Gasteiger partial charge in [0.05, 0.1) is 13.7 Å². The summed E-state index contributed by atoms with van der Waals surface area (Å²) in [7, 11) is 1.40. The molecule has 1 aromatic carbocycles. The molecule has 0 bridgehead atoms. The maximum Gasteiger partial charge on any atom is 0.305 e. The first-order valence-corrected chi connectivity index (χ1v) is 6.80. The van der Waals surface area contributed by atoms with Crippen LogP contribution in [0.3, 0.4) is 0 Å². The molecule has 0 spiro atoms. The minimum absolute atomic E-state index is 0.190. The van der Waals surface area contributed by atoms with E-state index in [4.69, 9.17) is 4.74 Å². The second kappa shape index (κ2) is 7.14. The molecule has 1 aliphatic rings. The first-order valence-electron chi connectivity index (χ1n) is 6.80. The first-order chi connectivity index (χ1) is 9.28. The van der Waals surface area contributed by atoms with E-state index in [1.165, 1.54) is 25.5 Å². The fourth-order valence-electron chi connectivity index (χ4n) is 1.76. The van der Waals surface area contributed by atoms with Crippen molar-refractivity contribution in [2.24, 2.45) is 0 Å². The third-order valence-corrected chi connectivity index (χ3v) is 3.12. The third-order valence-electron chi connectivity index (χ3n) is 3.12. The van der Waals surface area contributed by atoms with Gasteiger partial charge in [-0.3, -0.25) is 4.79 Å². The third kappa shape index (κ3) is 5.30. The lowest BCUT2D eigenvalue weighted by molar-refractivity contribution is -0.140. The Balaban J connectivity index is 1.64. The second-order valence-corrected chi connectivity index (χ2v) is 4.83. The smallest absolute Gasteiger partial charge is 0.305 e. The minimum Gasteiger partial charge on any atom is -0.494 e. The topological polar surface area (TPSA) is 47.6 Å². The first kappa shape index (κ1) is 13.9. The summed E-state index contributed by atoms with van der Waals surface area (Å²) in [4.78, 5) is 10.9. The SMILES string of the molecule is COC(=O)CCCOc1ccc(CNC2CC2)cc1. The van der Waals surface area contributed by atoms with Crippen molar-refractivity contribution in [1.82, 2.24) is 5.32 Å². The summed E-state index contributed by atoms with van der Waals surface area (Å²) in [5, 5.41) is 3.47. The highest BCUT2D eigenvalue weighted by atomic mass is 16.5. The van der Waals surface area contributed by atoms with Crippen molar-refractivity contribution in [3.63, 3.8) is 0 Å². The lowest BCUT2D eigenvalue weighted by Crippen LogP contribution is -2.15. The van der Waals surface area contributed by atoms with Crippen LogP contribution in [-0.4, -0.2) is 25.7 Å². The van der Waals surface area contributed by atoms with Gasteiger partial charge in [-0.1, -0.05) is 12.1 Å². The maximum atomic E-state index is 10.9. The van der Waals surface area contributed by atoms with Crippen LogP contribution in [0.2, 0.25) is 0 Å². The fraction of sp³-hybridized carbons (Fsp3) is 0.533. The molecule has 2 rings (SSSR count). The zero-order valence-electron chi connectivity index (χ0n) is 11.4. The van der Waals surface area contributed by atoms with E-state index in [0.29, 0.717) is 19.4 Å². The van der Waals surface area contributed by atoms with Crippen LogP contribution in [0.4, 0.5) is 0 Å². The predicted molar refractivity (Wildman–Crippen MR) is 73.0 cm³/mol. The van der Waals surface area contributed by atoms with Gasteiger partial charge in [-0.05, 0) is 37.0 Å². The molecule has 0 atom stereocenters. The van der Waals surface area contributed by atoms with Gasteiger partial charge in [0, 0.05) is 19.0 Å². The molecule has 0 unspecified atom stereocenters. The summed E-state index contributed by atoms with van der Waals surface area (Å²) in [6, 6.07) is 8.83. The Morgan fingerprint density at radius 3 is 2.68 bits per heavy atom. The number of hydrogen-bond acceptors (Lipinski definition) is 4. The molecule has 0 amide bonds. The predicted octanol–water partition coefficient (Wildman–Crippen LogP) is 2.27. The highest BCUT2D eigenvalue weighted by Crippen LogP contribution is 2.20. The van der Waals surface area contributed by atoms with Gasteiger partial charge in [0.15, 0.2) is 0 Å². The number of hydrogen-bond donors (Lipinski definition) is 1. The number of nitrogens with one attached hydrogen (secondary N) is 1. The van der Waals surface area contributed by atoms with E-state index in [-0.39, 0.29) is 5.97 Å². The molecular formula is C15H21NO3. The number of methoxy groups -OCH3 is 1. The zero-order valence-corrected chi connectivity index (χ0v) is 11.4. The van der Waals surface area contributed by atoms with E-state index in [1.807, 2.05) is 12.1 Å². The van der Waals surface area contributed by atoms with Crippen molar-refractivity contribution in [3.05, 3.63) is 29.8 Å². The molecule has 4 nitrogen and oxygen atoms in total. The van der Waals surface area contributed by atoms with Crippen molar-refractivity contribution in [3.8, 4) is 5.75 Å². The fourth-order valence-corrected chi connectivity index (χ4v) is 1.76. The van der Waals surface area contributed by atoms with Crippen LogP contribution in [0.25, 0.3) is 0 Å². The molecule has 0 heterocycles. The van der Waals surface area contributed by atoms with E-state index in [0.717, 1.165) is 18.3 Å². The quantitative estimate of drug-likeness (QED) is 0.577. The van der Waals surface area contributed by atoms with Crippen LogP contribution in [0, 0.1) is 0 Å². The van der Waals surface area contributed by atoms with Crippen molar-refractivity contribution in [2.45, 2.75) is 38.3 Å². The number of carbonyl (C=O) groups excluding carboxylic acids is 1. The van der Waals surface area contributed by atoms with Crippen LogP contribution in [-0.2, 0) is 16.1 Å². The number of benzene rings is 1. The minimum atomic E-state index is -0.190. The van der Waals surface area contributed by atoms with E-state index in [1.54, 1.807) is 0 Å². The van der Waals surface area contributed by atoms with Gasteiger partial charge in [0.25, 0.3) is 0 Å². The van der Waals surface area contributed by atoms with Gasteiger partial charge in [-0.25, -0.2) is 0 Å². The van der Waals surface area contributed by atoms with Crippen LogP contribution in [0.5, 0.6) is 5.75 Å².